The van der Waals surface area contributed by atoms with Crippen molar-refractivity contribution in [3.05, 3.63) is 17.5 Å². The van der Waals surface area contributed by atoms with Crippen LogP contribution in [0.4, 0.5) is 5.82 Å². The van der Waals surface area contributed by atoms with Crippen molar-refractivity contribution in [2.24, 2.45) is 0 Å². The number of halogens is 1. The topological polar surface area (TPSA) is 46.3 Å². The maximum Gasteiger partial charge on any atom is 0.255 e. The van der Waals surface area contributed by atoms with Crippen LogP contribution in [0.5, 0.6) is 0 Å². The van der Waals surface area contributed by atoms with Crippen LogP contribution in [0.15, 0.2) is 12.4 Å². The van der Waals surface area contributed by atoms with Crippen molar-refractivity contribution in [2.75, 3.05) is 18.0 Å². The maximum absolute atomic E-state index is 6.00. The van der Waals surface area contributed by atoms with Gasteiger partial charge < -0.3 is 4.90 Å². The smallest absolute Gasteiger partial charge is 0.255 e. The van der Waals surface area contributed by atoms with Crippen molar-refractivity contribution in [2.45, 2.75) is 26.7 Å². The number of fused-ring (bicyclic) bond motifs is 1. The predicted octanol–water partition coefficient (Wildman–Crippen LogP) is 2.40. The van der Waals surface area contributed by atoms with Gasteiger partial charge >= 0.3 is 0 Å². The van der Waals surface area contributed by atoms with E-state index in [1.54, 1.807) is 4.52 Å². The SMILES string of the molecule is CCCCN(CC)c1cc(Cl)nc2ncnn12. The minimum atomic E-state index is 0.454. The molecular weight excluding hydrogens is 238 g/mol. The zero-order chi connectivity index (χ0) is 12.3. The molecule has 0 fully saturated rings. The van der Waals surface area contributed by atoms with Crippen LogP contribution in [-0.2, 0) is 0 Å². The molecule has 6 heteroatoms. The first-order valence-electron chi connectivity index (χ1n) is 5.87. The Morgan fingerprint density at radius 3 is 2.94 bits per heavy atom. The molecule has 0 saturated heterocycles. The Balaban J connectivity index is 2.40. The number of nitrogens with zero attached hydrogens (tertiary/aromatic N) is 5. The first kappa shape index (κ1) is 12.1. The summed E-state index contributed by atoms with van der Waals surface area (Å²) in [6.45, 7) is 6.20. The normalized spacial score (nSPS) is 11.0. The zero-order valence-corrected chi connectivity index (χ0v) is 10.9. The van der Waals surface area contributed by atoms with Crippen LogP contribution in [0.2, 0.25) is 5.15 Å². The van der Waals surface area contributed by atoms with Gasteiger partial charge in [-0.25, -0.2) is 0 Å². The first-order chi connectivity index (χ1) is 8.26. The molecule has 2 heterocycles. The Bertz CT molecular complexity index is 496. The highest BCUT2D eigenvalue weighted by atomic mass is 35.5. The molecule has 0 atom stereocenters. The van der Waals surface area contributed by atoms with E-state index < -0.39 is 0 Å². The molecule has 0 unspecified atom stereocenters. The molecule has 0 aromatic carbocycles. The monoisotopic (exact) mass is 253 g/mol. The van der Waals surface area contributed by atoms with Crippen molar-refractivity contribution in [3.8, 4) is 0 Å². The second-order valence-electron chi connectivity index (χ2n) is 3.84. The van der Waals surface area contributed by atoms with Gasteiger partial charge in [-0.3, -0.25) is 0 Å². The van der Waals surface area contributed by atoms with Crippen LogP contribution in [0.1, 0.15) is 26.7 Å². The van der Waals surface area contributed by atoms with Crippen molar-refractivity contribution in [1.82, 2.24) is 19.6 Å². The highest BCUT2D eigenvalue weighted by Crippen LogP contribution is 2.19. The lowest BCUT2D eigenvalue weighted by atomic mass is 10.3. The Morgan fingerprint density at radius 1 is 1.41 bits per heavy atom. The maximum atomic E-state index is 6.00. The van der Waals surface area contributed by atoms with Gasteiger partial charge in [-0.2, -0.15) is 19.6 Å². The lowest BCUT2D eigenvalue weighted by Crippen LogP contribution is -2.26. The summed E-state index contributed by atoms with van der Waals surface area (Å²) in [7, 11) is 0. The van der Waals surface area contributed by atoms with Gasteiger partial charge in [0.05, 0.1) is 0 Å². The fourth-order valence-corrected chi connectivity index (χ4v) is 1.95. The Hall–Kier alpha value is -1.36. The number of unbranched alkanes of at least 4 members (excludes halogenated alkanes) is 1. The molecule has 5 nitrogen and oxygen atoms in total. The van der Waals surface area contributed by atoms with Gasteiger partial charge in [0.25, 0.3) is 5.78 Å². The summed E-state index contributed by atoms with van der Waals surface area (Å²) in [5.74, 6) is 1.50. The van der Waals surface area contributed by atoms with Gasteiger partial charge in [-0.15, -0.1) is 0 Å². The van der Waals surface area contributed by atoms with Crippen LogP contribution >= 0.6 is 11.6 Å². The summed E-state index contributed by atoms with van der Waals surface area (Å²) in [6, 6.07) is 1.84. The molecular formula is C11H16ClN5. The van der Waals surface area contributed by atoms with Crippen LogP contribution in [0.3, 0.4) is 0 Å². The van der Waals surface area contributed by atoms with Gasteiger partial charge in [0, 0.05) is 19.2 Å². The molecule has 0 radical (unpaired) electrons. The summed E-state index contributed by atoms with van der Waals surface area (Å²) >= 11 is 6.00. The lowest BCUT2D eigenvalue weighted by Gasteiger charge is -2.22. The van der Waals surface area contributed by atoms with Crippen molar-refractivity contribution < 1.29 is 0 Å². The molecule has 0 aliphatic carbocycles. The number of hydrogen-bond donors (Lipinski definition) is 0. The number of rotatable bonds is 5. The van der Waals surface area contributed by atoms with E-state index in [0.717, 1.165) is 31.7 Å². The second kappa shape index (κ2) is 5.31. The molecule has 0 aliphatic rings. The van der Waals surface area contributed by atoms with E-state index in [0.29, 0.717) is 10.9 Å². The van der Waals surface area contributed by atoms with Crippen LogP contribution in [-0.4, -0.2) is 32.7 Å². The van der Waals surface area contributed by atoms with Gasteiger partial charge in [0.2, 0.25) is 0 Å². The number of aromatic nitrogens is 4. The van der Waals surface area contributed by atoms with Crippen molar-refractivity contribution >= 4 is 23.2 Å². The molecule has 0 aliphatic heterocycles. The molecule has 0 amide bonds. The second-order valence-corrected chi connectivity index (χ2v) is 4.23. The molecule has 2 aromatic heterocycles. The summed E-state index contributed by atoms with van der Waals surface area (Å²) in [6.07, 6.45) is 3.80. The van der Waals surface area contributed by atoms with E-state index in [1.165, 1.54) is 6.33 Å². The fourth-order valence-electron chi connectivity index (χ4n) is 1.78. The van der Waals surface area contributed by atoms with Gasteiger partial charge in [-0.05, 0) is 13.3 Å². The predicted molar refractivity (Wildman–Crippen MR) is 68.6 cm³/mol. The highest BCUT2D eigenvalue weighted by Gasteiger charge is 2.11. The Labute approximate surface area is 105 Å². The van der Waals surface area contributed by atoms with E-state index in [-0.39, 0.29) is 0 Å². The third-order valence-electron chi connectivity index (χ3n) is 2.69. The standard InChI is InChI=1S/C11H16ClN5/c1-3-5-6-16(4-2)10-7-9(12)15-11-13-8-14-17(10)11/h7-8H,3-6H2,1-2H3. The van der Waals surface area contributed by atoms with E-state index >= 15 is 0 Å². The van der Waals surface area contributed by atoms with E-state index in [4.69, 9.17) is 11.6 Å². The summed E-state index contributed by atoms with van der Waals surface area (Å²) < 4.78 is 1.73. The Kier molecular flexibility index (Phi) is 3.78. The fraction of sp³-hybridized carbons (Fsp3) is 0.545. The highest BCUT2D eigenvalue weighted by molar-refractivity contribution is 6.29. The van der Waals surface area contributed by atoms with Crippen molar-refractivity contribution in [1.29, 1.82) is 0 Å². The van der Waals surface area contributed by atoms with Crippen LogP contribution in [0.25, 0.3) is 5.78 Å². The summed E-state index contributed by atoms with van der Waals surface area (Å²) in [4.78, 5) is 10.4. The molecule has 92 valence electrons. The third kappa shape index (κ3) is 2.49. The quantitative estimate of drug-likeness (QED) is 0.768. The molecule has 2 aromatic rings. The molecule has 17 heavy (non-hydrogen) atoms. The van der Waals surface area contributed by atoms with Gasteiger partial charge in [-0.1, -0.05) is 24.9 Å². The van der Waals surface area contributed by atoms with E-state index in [9.17, 15) is 0 Å². The molecule has 2 rings (SSSR count). The van der Waals surface area contributed by atoms with Crippen molar-refractivity contribution in [3.63, 3.8) is 0 Å². The molecule has 0 N–H and O–H groups in total. The molecule has 0 spiro atoms. The minimum Gasteiger partial charge on any atom is -0.357 e. The zero-order valence-electron chi connectivity index (χ0n) is 10.1. The minimum absolute atomic E-state index is 0.454. The van der Waals surface area contributed by atoms with E-state index in [2.05, 4.69) is 33.8 Å². The van der Waals surface area contributed by atoms with Gasteiger partial charge in [0.15, 0.2) is 0 Å². The van der Waals surface area contributed by atoms with Crippen LogP contribution in [0, 0.1) is 0 Å². The Morgan fingerprint density at radius 2 is 2.24 bits per heavy atom. The lowest BCUT2D eigenvalue weighted by molar-refractivity contribution is 0.709. The number of anilines is 1. The summed E-state index contributed by atoms with van der Waals surface area (Å²) in [5.41, 5.74) is 0. The number of hydrogen-bond acceptors (Lipinski definition) is 4. The third-order valence-corrected chi connectivity index (χ3v) is 2.88. The molecule has 0 bridgehead atoms. The average Bonchev–Trinajstić information content (AvgIpc) is 2.77. The molecule has 0 saturated carbocycles. The van der Waals surface area contributed by atoms with Gasteiger partial charge in [0.1, 0.15) is 17.3 Å². The van der Waals surface area contributed by atoms with Crippen LogP contribution < -0.4 is 4.90 Å². The largest absolute Gasteiger partial charge is 0.357 e. The first-order valence-corrected chi connectivity index (χ1v) is 6.25. The summed E-state index contributed by atoms with van der Waals surface area (Å²) in [5, 5.41) is 4.63. The average molecular weight is 254 g/mol. The van der Waals surface area contributed by atoms with E-state index in [1.807, 2.05) is 6.07 Å².